The Morgan fingerprint density at radius 2 is 2.08 bits per heavy atom. The van der Waals surface area contributed by atoms with Crippen molar-refractivity contribution in [3.05, 3.63) is 30.5 Å². The number of amides is 2. The normalized spacial score (nSPS) is 18.2. The minimum atomic E-state index is 0.0327. The Balaban J connectivity index is 1.32. The molecule has 1 N–H and O–H groups in total. The van der Waals surface area contributed by atoms with E-state index in [2.05, 4.69) is 25.0 Å². The van der Waals surface area contributed by atoms with Crippen molar-refractivity contribution in [2.75, 3.05) is 43.0 Å². The van der Waals surface area contributed by atoms with Crippen molar-refractivity contribution in [3.63, 3.8) is 0 Å². The van der Waals surface area contributed by atoms with E-state index in [1.54, 1.807) is 22.3 Å². The quantitative estimate of drug-likeness (QED) is 0.770. The second-order valence-electron chi connectivity index (χ2n) is 7.00. The van der Waals surface area contributed by atoms with Gasteiger partial charge in [0.15, 0.2) is 5.82 Å². The summed E-state index contributed by atoms with van der Waals surface area (Å²) in [6, 6.07) is 2.34. The number of nitrogens with one attached hydrogen (secondary N) is 1. The first-order valence-corrected chi connectivity index (χ1v) is 8.72. The molecule has 3 aromatic heterocycles. The highest BCUT2D eigenvalue weighted by atomic mass is 16.2. The highest BCUT2D eigenvalue weighted by molar-refractivity contribution is 5.93. The van der Waals surface area contributed by atoms with E-state index in [-0.39, 0.29) is 12.1 Å². The van der Waals surface area contributed by atoms with Gasteiger partial charge in [-0.05, 0) is 13.0 Å². The lowest BCUT2D eigenvalue weighted by Gasteiger charge is -2.40. The number of aromatic nitrogens is 5. The third kappa shape index (κ3) is 2.23. The van der Waals surface area contributed by atoms with E-state index in [1.807, 2.05) is 30.9 Å². The van der Waals surface area contributed by atoms with Crippen molar-refractivity contribution in [1.29, 1.82) is 0 Å². The molecule has 3 aromatic rings. The fraction of sp³-hybridized carbons (Fsp3) is 0.412. The zero-order chi connectivity index (χ0) is 17.8. The Morgan fingerprint density at radius 1 is 1.23 bits per heavy atom. The van der Waals surface area contributed by atoms with Crippen molar-refractivity contribution in [3.8, 4) is 0 Å². The molecule has 5 rings (SSSR count). The first-order chi connectivity index (χ1) is 12.6. The minimum Gasteiger partial charge on any atom is -0.354 e. The van der Waals surface area contributed by atoms with Gasteiger partial charge in [-0.3, -0.25) is 9.58 Å². The number of H-pyrrole nitrogens is 1. The number of urea groups is 1. The summed E-state index contributed by atoms with van der Waals surface area (Å²) in [5.41, 5.74) is 3.86. The molecular weight excluding hydrogens is 332 g/mol. The zero-order valence-corrected chi connectivity index (χ0v) is 14.8. The third-order valence-electron chi connectivity index (χ3n) is 5.18. The second kappa shape index (κ2) is 5.45. The Bertz CT molecular complexity index is 986. The zero-order valence-electron chi connectivity index (χ0n) is 14.8. The second-order valence-corrected chi connectivity index (χ2v) is 7.00. The van der Waals surface area contributed by atoms with Crippen molar-refractivity contribution in [1.82, 2.24) is 29.6 Å². The van der Waals surface area contributed by atoms with Crippen LogP contribution in [0.2, 0.25) is 0 Å². The van der Waals surface area contributed by atoms with E-state index in [1.165, 1.54) is 0 Å². The smallest absolute Gasteiger partial charge is 0.324 e. The van der Waals surface area contributed by atoms with Crippen LogP contribution in [0.4, 0.5) is 16.3 Å². The molecular formula is C17H20N8O. The number of carbonyl (C=O) groups is 1. The molecule has 0 aromatic carbocycles. The lowest BCUT2D eigenvalue weighted by Crippen LogP contribution is -2.48. The van der Waals surface area contributed by atoms with Crippen LogP contribution in [0.5, 0.6) is 0 Å². The molecule has 2 aliphatic rings. The predicted molar refractivity (Wildman–Crippen MR) is 97.5 cm³/mol. The Kier molecular flexibility index (Phi) is 3.18. The number of fused-ring (bicyclic) bond motifs is 1. The van der Waals surface area contributed by atoms with Crippen LogP contribution in [0.15, 0.2) is 24.8 Å². The van der Waals surface area contributed by atoms with E-state index in [0.29, 0.717) is 6.54 Å². The van der Waals surface area contributed by atoms with Gasteiger partial charge >= 0.3 is 6.03 Å². The number of likely N-dealkylation sites (N-methyl/N-ethyl adjacent to an activating group) is 1. The maximum Gasteiger partial charge on any atom is 0.324 e. The fourth-order valence-electron chi connectivity index (χ4n) is 3.65. The van der Waals surface area contributed by atoms with Crippen LogP contribution in [0.1, 0.15) is 11.7 Å². The Hall–Kier alpha value is -3.10. The number of hydrogen-bond acceptors (Lipinski definition) is 5. The summed E-state index contributed by atoms with van der Waals surface area (Å²) in [6.45, 7) is 5.15. The van der Waals surface area contributed by atoms with Crippen LogP contribution >= 0.6 is 0 Å². The molecule has 9 heteroatoms. The monoisotopic (exact) mass is 352 g/mol. The van der Waals surface area contributed by atoms with Gasteiger partial charge in [-0.15, -0.1) is 0 Å². The lowest BCUT2D eigenvalue weighted by molar-refractivity contribution is 0.229. The van der Waals surface area contributed by atoms with Gasteiger partial charge in [-0.2, -0.15) is 5.10 Å². The number of aryl methyl sites for hydroxylation is 1. The molecule has 0 spiro atoms. The summed E-state index contributed by atoms with van der Waals surface area (Å²) in [5.74, 6) is 0.933. The molecule has 134 valence electrons. The van der Waals surface area contributed by atoms with Crippen LogP contribution in [0, 0.1) is 6.92 Å². The van der Waals surface area contributed by atoms with Crippen LogP contribution in [0.3, 0.4) is 0 Å². The van der Waals surface area contributed by atoms with Gasteiger partial charge in [-0.1, -0.05) is 0 Å². The standard InChI is InChI=1S/C17H20N8O/c1-11-5-14-15(21-11)16(19-10-18-14)23-7-13(8-23)25-9-12(6-20-25)24-4-3-22(2)17(24)26/h5-6,9-10,13,21H,3-4,7-8H2,1-2H3. The number of carbonyl (C=O) groups excluding carboxylic acids is 1. The third-order valence-corrected chi connectivity index (χ3v) is 5.18. The Morgan fingerprint density at radius 3 is 2.85 bits per heavy atom. The predicted octanol–water partition coefficient (Wildman–Crippen LogP) is 1.40. The summed E-state index contributed by atoms with van der Waals surface area (Å²) in [4.78, 5) is 29.9. The molecule has 2 saturated heterocycles. The van der Waals surface area contributed by atoms with Crippen molar-refractivity contribution in [2.45, 2.75) is 13.0 Å². The minimum absolute atomic E-state index is 0.0327. The molecule has 5 heterocycles. The number of anilines is 2. The van der Waals surface area contributed by atoms with E-state index in [9.17, 15) is 4.79 Å². The average molecular weight is 352 g/mol. The van der Waals surface area contributed by atoms with E-state index >= 15 is 0 Å². The van der Waals surface area contributed by atoms with E-state index in [0.717, 1.165) is 47.9 Å². The first kappa shape index (κ1) is 15.2. The number of aromatic amines is 1. The average Bonchev–Trinajstić information content (AvgIpc) is 3.26. The number of hydrogen-bond donors (Lipinski definition) is 1. The topological polar surface area (TPSA) is 86.2 Å². The van der Waals surface area contributed by atoms with Crippen LogP contribution in [-0.4, -0.2) is 68.9 Å². The maximum absolute atomic E-state index is 12.1. The molecule has 2 amide bonds. The largest absolute Gasteiger partial charge is 0.354 e. The lowest BCUT2D eigenvalue weighted by atomic mass is 10.1. The molecule has 0 aliphatic carbocycles. The van der Waals surface area contributed by atoms with Gasteiger partial charge in [0.25, 0.3) is 0 Å². The van der Waals surface area contributed by atoms with Crippen molar-refractivity contribution >= 4 is 28.6 Å². The number of nitrogens with zero attached hydrogens (tertiary/aromatic N) is 7. The SMILES string of the molecule is Cc1cc2ncnc(N3CC(n4cc(N5CCN(C)C5=O)cn4)C3)c2[nH]1. The summed E-state index contributed by atoms with van der Waals surface area (Å²) < 4.78 is 1.95. The van der Waals surface area contributed by atoms with Gasteiger partial charge in [0.1, 0.15) is 11.8 Å². The van der Waals surface area contributed by atoms with Gasteiger partial charge < -0.3 is 14.8 Å². The van der Waals surface area contributed by atoms with Crippen LogP contribution in [-0.2, 0) is 0 Å². The molecule has 2 aliphatic heterocycles. The molecule has 0 saturated carbocycles. The summed E-state index contributed by atoms with van der Waals surface area (Å²) in [5, 5.41) is 4.47. The number of rotatable bonds is 3. The van der Waals surface area contributed by atoms with Gasteiger partial charge in [0.05, 0.1) is 23.4 Å². The molecule has 0 bridgehead atoms. The highest BCUT2D eigenvalue weighted by Crippen LogP contribution is 2.31. The maximum atomic E-state index is 12.1. The van der Waals surface area contributed by atoms with Gasteiger partial charge in [0.2, 0.25) is 0 Å². The Labute approximate surface area is 150 Å². The van der Waals surface area contributed by atoms with E-state index < -0.39 is 0 Å². The molecule has 9 nitrogen and oxygen atoms in total. The van der Waals surface area contributed by atoms with Crippen LogP contribution < -0.4 is 9.80 Å². The van der Waals surface area contributed by atoms with Gasteiger partial charge in [0, 0.05) is 45.1 Å². The van der Waals surface area contributed by atoms with Crippen molar-refractivity contribution < 1.29 is 4.79 Å². The summed E-state index contributed by atoms with van der Waals surface area (Å²) in [6.07, 6.45) is 5.35. The molecule has 0 atom stereocenters. The van der Waals surface area contributed by atoms with Crippen LogP contribution in [0.25, 0.3) is 11.0 Å². The first-order valence-electron chi connectivity index (χ1n) is 8.72. The molecule has 0 radical (unpaired) electrons. The van der Waals surface area contributed by atoms with Crippen molar-refractivity contribution in [2.24, 2.45) is 0 Å². The highest BCUT2D eigenvalue weighted by Gasteiger charge is 2.33. The van der Waals surface area contributed by atoms with E-state index in [4.69, 9.17) is 0 Å². The molecule has 2 fully saturated rings. The fourth-order valence-corrected chi connectivity index (χ4v) is 3.65. The summed E-state index contributed by atoms with van der Waals surface area (Å²) >= 11 is 0. The molecule has 26 heavy (non-hydrogen) atoms. The molecule has 0 unspecified atom stereocenters. The van der Waals surface area contributed by atoms with Gasteiger partial charge in [-0.25, -0.2) is 14.8 Å². The summed E-state index contributed by atoms with van der Waals surface area (Å²) in [7, 11) is 1.82.